The minimum atomic E-state index is -0.959. The van der Waals surface area contributed by atoms with Gasteiger partial charge < -0.3 is 29.4 Å². The number of hydrazine groups is 2. The number of ether oxygens (including phenoxy) is 2. The summed E-state index contributed by atoms with van der Waals surface area (Å²) in [6.45, 7) is 9.94. The van der Waals surface area contributed by atoms with Gasteiger partial charge in [-0.1, -0.05) is 33.6 Å². The summed E-state index contributed by atoms with van der Waals surface area (Å²) >= 11 is 0. The van der Waals surface area contributed by atoms with Crippen LogP contribution in [-0.4, -0.2) is 118 Å². The molecule has 4 fully saturated rings. The summed E-state index contributed by atoms with van der Waals surface area (Å²) < 4.78 is 11.3. The van der Waals surface area contributed by atoms with Crippen LogP contribution in [0.15, 0.2) is 0 Å². The number of carbonyl (C=O) groups excluding carboxylic acids is 5. The second kappa shape index (κ2) is 19.6. The molecule has 1 saturated heterocycles. The number of urea groups is 1. The van der Waals surface area contributed by atoms with Gasteiger partial charge in [0.15, 0.2) is 5.78 Å². The molecule has 4 rings (SSSR count). The van der Waals surface area contributed by atoms with Crippen LogP contribution in [0.5, 0.6) is 0 Å². The Hall–Kier alpha value is -2.89. The van der Waals surface area contributed by atoms with Crippen molar-refractivity contribution in [3.8, 4) is 0 Å². The predicted molar refractivity (Wildman–Crippen MR) is 197 cm³/mol. The molecule has 0 bridgehead atoms. The number of nitrogens with two attached hydrogens (primary N) is 3. The summed E-state index contributed by atoms with van der Waals surface area (Å²) in [6, 6.07) is -0.508. The molecular weight excluding hydrogens is 684 g/mol. The second-order valence-electron chi connectivity index (χ2n) is 16.7. The molecule has 7 N–H and O–H groups in total. The van der Waals surface area contributed by atoms with Crippen LogP contribution in [0.2, 0.25) is 0 Å². The molecule has 53 heavy (non-hydrogen) atoms. The van der Waals surface area contributed by atoms with Crippen LogP contribution in [-0.2, 0) is 33.5 Å². The predicted octanol–water partition coefficient (Wildman–Crippen LogP) is 2.34. The molecule has 3 saturated carbocycles. The van der Waals surface area contributed by atoms with Crippen molar-refractivity contribution in [3.63, 3.8) is 0 Å². The third-order valence-corrected chi connectivity index (χ3v) is 11.9. The molecule has 3 aliphatic carbocycles. The van der Waals surface area contributed by atoms with Gasteiger partial charge in [-0.3, -0.25) is 29.2 Å². The van der Waals surface area contributed by atoms with Gasteiger partial charge in [-0.05, 0) is 89.9 Å². The molecule has 5 unspecified atom stereocenters. The second-order valence-corrected chi connectivity index (χ2v) is 16.7. The normalized spacial score (nSPS) is 27.5. The summed E-state index contributed by atoms with van der Waals surface area (Å²) in [4.78, 5) is 74.0. The molecule has 302 valence electrons. The fourth-order valence-electron chi connectivity index (χ4n) is 8.29. The molecule has 4 amide bonds. The third-order valence-electron chi connectivity index (χ3n) is 11.9. The SMILES string of the molecule is CC(C)CCN(CC(=O)C(C)(C)NC1CCC(N(N)C(=O)N(N)C2CCCCC2C)CC1)C(=O)CN(CCC(=O)ON)C(=O)C1CCC2OCOC2C1. The first-order valence-corrected chi connectivity index (χ1v) is 19.7. The Kier molecular flexibility index (Phi) is 15.9. The van der Waals surface area contributed by atoms with E-state index < -0.39 is 11.5 Å². The van der Waals surface area contributed by atoms with E-state index in [4.69, 9.17) is 27.1 Å². The molecule has 5 atom stereocenters. The molecule has 16 nitrogen and oxygen atoms in total. The molecule has 0 spiro atoms. The van der Waals surface area contributed by atoms with Crippen molar-refractivity contribution >= 4 is 29.6 Å². The zero-order chi connectivity index (χ0) is 38.9. The number of fused-ring (bicyclic) bond motifs is 1. The van der Waals surface area contributed by atoms with Gasteiger partial charge in [0.05, 0.1) is 49.3 Å². The van der Waals surface area contributed by atoms with E-state index in [1.807, 2.05) is 27.7 Å². The molecular formula is C37H66N8O8. The van der Waals surface area contributed by atoms with Gasteiger partial charge in [0.2, 0.25) is 11.8 Å². The maximum Gasteiger partial charge on any atom is 0.348 e. The summed E-state index contributed by atoms with van der Waals surface area (Å²) in [6.07, 6.45) is 8.88. The Morgan fingerprint density at radius 3 is 2.19 bits per heavy atom. The molecule has 0 aromatic rings. The lowest BCUT2D eigenvalue weighted by atomic mass is 9.84. The van der Waals surface area contributed by atoms with E-state index in [9.17, 15) is 24.0 Å². The first-order chi connectivity index (χ1) is 25.1. The Morgan fingerprint density at radius 1 is 0.849 bits per heavy atom. The standard InChI is InChI=1S/C37H66N8O8/c1-24(2)16-18-42(33(47)22-43(19-17-34(48)53-40)35(49)26-10-15-30-31(20-26)52-23-51-30)21-32(46)37(4,5)41-27-11-13-28(14-12-27)44(38)36(50)45(39)29-9-7-6-8-25(29)3/h24-31,41H,6-23,38-40H2,1-5H3. The minimum absolute atomic E-state index is 0.0140. The molecule has 0 radical (unpaired) electrons. The quantitative estimate of drug-likeness (QED) is 0.102. The number of hydrogen-bond acceptors (Lipinski definition) is 12. The minimum Gasteiger partial charge on any atom is -0.373 e. The Bertz CT molecular complexity index is 1260. The lowest BCUT2D eigenvalue weighted by molar-refractivity contribution is -0.149. The number of ketones is 1. The number of amides is 4. The lowest BCUT2D eigenvalue weighted by Crippen LogP contribution is -2.60. The van der Waals surface area contributed by atoms with Crippen LogP contribution < -0.4 is 22.9 Å². The largest absolute Gasteiger partial charge is 0.373 e. The topological polar surface area (TPSA) is 216 Å². The van der Waals surface area contributed by atoms with Crippen molar-refractivity contribution in [2.75, 3.05) is 33.0 Å². The zero-order valence-electron chi connectivity index (χ0n) is 32.6. The summed E-state index contributed by atoms with van der Waals surface area (Å²) in [7, 11) is 0. The van der Waals surface area contributed by atoms with Gasteiger partial charge >= 0.3 is 12.0 Å². The van der Waals surface area contributed by atoms with Crippen LogP contribution in [0.1, 0.15) is 118 Å². The highest BCUT2D eigenvalue weighted by atomic mass is 16.7. The van der Waals surface area contributed by atoms with Crippen LogP contribution in [0, 0.1) is 17.8 Å². The first-order valence-electron chi connectivity index (χ1n) is 19.7. The molecule has 4 aliphatic rings. The summed E-state index contributed by atoms with van der Waals surface area (Å²) in [5.74, 6) is 16.4. The van der Waals surface area contributed by atoms with Gasteiger partial charge in [0.25, 0.3) is 0 Å². The highest BCUT2D eigenvalue weighted by molar-refractivity contribution is 5.93. The van der Waals surface area contributed by atoms with Crippen LogP contribution in [0.25, 0.3) is 0 Å². The average molecular weight is 751 g/mol. The first kappa shape index (κ1) is 42.8. The fourth-order valence-corrected chi connectivity index (χ4v) is 8.29. The Balaban J connectivity index is 1.34. The Labute approximate surface area is 315 Å². The van der Waals surface area contributed by atoms with Gasteiger partial charge in [-0.2, -0.15) is 5.90 Å². The lowest BCUT2D eigenvalue weighted by Gasteiger charge is -2.41. The van der Waals surface area contributed by atoms with Crippen molar-refractivity contribution < 1.29 is 38.3 Å². The van der Waals surface area contributed by atoms with E-state index in [0.29, 0.717) is 63.8 Å². The van der Waals surface area contributed by atoms with Crippen LogP contribution in [0.3, 0.4) is 0 Å². The molecule has 0 aromatic heterocycles. The smallest absolute Gasteiger partial charge is 0.348 e. The van der Waals surface area contributed by atoms with E-state index in [1.165, 1.54) is 19.8 Å². The maximum atomic E-state index is 13.9. The van der Waals surface area contributed by atoms with E-state index >= 15 is 0 Å². The number of carbonyl (C=O) groups is 5. The highest BCUT2D eigenvalue weighted by Gasteiger charge is 2.41. The fraction of sp³-hybridized carbons (Fsp3) is 0.865. The number of rotatable bonds is 16. The van der Waals surface area contributed by atoms with Crippen molar-refractivity contribution in [2.45, 2.75) is 154 Å². The van der Waals surface area contributed by atoms with Gasteiger partial charge in [0, 0.05) is 25.0 Å². The number of hydrogen-bond donors (Lipinski definition) is 4. The number of Topliss-reactive ketones (excluding diaryl/α,β-unsaturated/α-hetero) is 1. The van der Waals surface area contributed by atoms with Crippen molar-refractivity contribution in [2.24, 2.45) is 35.3 Å². The van der Waals surface area contributed by atoms with E-state index in [1.54, 1.807) is 0 Å². The van der Waals surface area contributed by atoms with E-state index in [-0.39, 0.29) is 98.6 Å². The molecule has 16 heteroatoms. The highest BCUT2D eigenvalue weighted by Crippen LogP contribution is 2.33. The zero-order valence-corrected chi connectivity index (χ0v) is 32.6. The molecule has 1 heterocycles. The summed E-state index contributed by atoms with van der Waals surface area (Å²) in [5, 5.41) is 6.14. The van der Waals surface area contributed by atoms with E-state index in [2.05, 4.69) is 17.1 Å². The third kappa shape index (κ3) is 11.8. The van der Waals surface area contributed by atoms with Crippen molar-refractivity contribution in [3.05, 3.63) is 0 Å². The molecule has 1 aliphatic heterocycles. The Morgan fingerprint density at radius 2 is 1.53 bits per heavy atom. The van der Waals surface area contributed by atoms with Gasteiger partial charge in [-0.25, -0.2) is 16.5 Å². The van der Waals surface area contributed by atoms with Crippen molar-refractivity contribution in [1.82, 2.24) is 25.1 Å². The van der Waals surface area contributed by atoms with Gasteiger partial charge in [-0.15, -0.1) is 0 Å². The maximum absolute atomic E-state index is 13.9. The van der Waals surface area contributed by atoms with Crippen LogP contribution in [0.4, 0.5) is 4.79 Å². The average Bonchev–Trinajstić information content (AvgIpc) is 3.62. The van der Waals surface area contributed by atoms with Crippen LogP contribution >= 0.6 is 0 Å². The number of nitrogens with one attached hydrogen (secondary N) is 1. The van der Waals surface area contributed by atoms with Crippen molar-refractivity contribution in [1.29, 1.82) is 0 Å². The molecule has 0 aromatic carbocycles. The monoisotopic (exact) mass is 751 g/mol. The van der Waals surface area contributed by atoms with E-state index in [0.717, 1.165) is 25.7 Å². The summed E-state index contributed by atoms with van der Waals surface area (Å²) in [5.41, 5.74) is -0.959. The number of nitrogens with zero attached hydrogens (tertiary/aromatic N) is 4. The van der Waals surface area contributed by atoms with Gasteiger partial charge in [0.1, 0.15) is 6.79 Å².